The van der Waals surface area contributed by atoms with Crippen LogP contribution in [0.3, 0.4) is 0 Å². The molecule has 1 aromatic rings. The van der Waals surface area contributed by atoms with Crippen molar-refractivity contribution in [2.24, 2.45) is 29.1 Å². The van der Waals surface area contributed by atoms with Crippen LogP contribution in [0.15, 0.2) is 53.6 Å². The van der Waals surface area contributed by atoms with Gasteiger partial charge in [-0.1, -0.05) is 63.3 Å². The van der Waals surface area contributed by atoms with E-state index < -0.39 is 63.9 Å². The summed E-state index contributed by atoms with van der Waals surface area (Å²) in [6.07, 6.45) is 1.59. The molecule has 1 aromatic carbocycles. The van der Waals surface area contributed by atoms with Crippen LogP contribution in [0.4, 0.5) is 4.79 Å². The Morgan fingerprint density at radius 2 is 1.78 bits per heavy atom. The third kappa shape index (κ3) is 3.49. The van der Waals surface area contributed by atoms with Gasteiger partial charge >= 0.3 is 6.16 Å². The van der Waals surface area contributed by atoms with Crippen molar-refractivity contribution in [3.63, 3.8) is 0 Å². The number of fused-ring (bicyclic) bond motifs is 5. The van der Waals surface area contributed by atoms with Crippen LogP contribution in [0, 0.1) is 29.1 Å². The molecule has 8 nitrogen and oxygen atoms in total. The number of carbonyl (C=O) groups is 2. The molecule has 0 heterocycles. The van der Waals surface area contributed by atoms with E-state index in [-0.39, 0.29) is 19.6 Å². The van der Waals surface area contributed by atoms with E-state index in [0.717, 1.165) is 5.56 Å². The van der Waals surface area contributed by atoms with Crippen LogP contribution in [0.2, 0.25) is 0 Å². The molecule has 4 aliphatic rings. The Morgan fingerprint density at radius 1 is 1.11 bits per heavy atom. The monoisotopic (exact) mass is 512 g/mol. The van der Waals surface area contributed by atoms with Gasteiger partial charge < -0.3 is 29.9 Å². The maximum absolute atomic E-state index is 13.1. The van der Waals surface area contributed by atoms with Crippen LogP contribution in [0.25, 0.3) is 0 Å². The van der Waals surface area contributed by atoms with E-state index in [1.54, 1.807) is 26.0 Å². The summed E-state index contributed by atoms with van der Waals surface area (Å²) in [5, 5.41) is 46.0. The first kappa shape index (κ1) is 26.1. The first-order chi connectivity index (χ1) is 17.3. The lowest BCUT2D eigenvalue weighted by Gasteiger charge is -2.52. The van der Waals surface area contributed by atoms with Crippen LogP contribution in [-0.4, -0.2) is 68.5 Å². The molecule has 0 amide bonds. The highest BCUT2D eigenvalue weighted by atomic mass is 16.7. The van der Waals surface area contributed by atoms with Crippen molar-refractivity contribution in [3.8, 4) is 0 Å². The molecule has 5 rings (SSSR count). The Morgan fingerprint density at radius 3 is 2.43 bits per heavy atom. The summed E-state index contributed by atoms with van der Waals surface area (Å²) < 4.78 is 11.1. The van der Waals surface area contributed by atoms with E-state index in [1.165, 1.54) is 0 Å². The van der Waals surface area contributed by atoms with Gasteiger partial charge in [-0.3, -0.25) is 4.79 Å². The fourth-order valence-corrected chi connectivity index (χ4v) is 7.64. The van der Waals surface area contributed by atoms with E-state index in [2.05, 4.69) is 0 Å². The fourth-order valence-electron chi connectivity index (χ4n) is 7.64. The van der Waals surface area contributed by atoms with Gasteiger partial charge in [-0.15, -0.1) is 0 Å². The van der Waals surface area contributed by atoms with Gasteiger partial charge in [0.05, 0.1) is 18.8 Å². The summed E-state index contributed by atoms with van der Waals surface area (Å²) in [4.78, 5) is 25.9. The molecular weight excluding hydrogens is 476 g/mol. The summed E-state index contributed by atoms with van der Waals surface area (Å²) in [7, 11) is 0. The predicted octanol–water partition coefficient (Wildman–Crippen LogP) is 2.33. The Hall–Kier alpha value is -2.52. The molecule has 0 aromatic heterocycles. The van der Waals surface area contributed by atoms with Crippen molar-refractivity contribution in [1.82, 2.24) is 0 Å². The quantitative estimate of drug-likeness (QED) is 0.349. The van der Waals surface area contributed by atoms with Crippen molar-refractivity contribution in [2.45, 2.75) is 63.4 Å². The molecule has 8 atom stereocenters. The van der Waals surface area contributed by atoms with Gasteiger partial charge in [0.1, 0.15) is 17.3 Å². The molecule has 4 aliphatic carbocycles. The van der Waals surface area contributed by atoms with E-state index in [9.17, 15) is 30.0 Å². The van der Waals surface area contributed by atoms with E-state index in [4.69, 9.17) is 9.47 Å². The van der Waals surface area contributed by atoms with Gasteiger partial charge in [-0.2, -0.15) is 0 Å². The van der Waals surface area contributed by atoms with Crippen molar-refractivity contribution >= 4 is 11.9 Å². The number of hydrogen-bond acceptors (Lipinski definition) is 8. The molecule has 2 saturated carbocycles. The largest absolute Gasteiger partial charge is 0.508 e. The second-order valence-corrected chi connectivity index (χ2v) is 11.8. The topological polar surface area (TPSA) is 134 Å². The Labute approximate surface area is 216 Å². The summed E-state index contributed by atoms with van der Waals surface area (Å²) in [6, 6.07) is 9.54. The van der Waals surface area contributed by atoms with Crippen LogP contribution >= 0.6 is 0 Å². The van der Waals surface area contributed by atoms with Crippen LogP contribution in [0.1, 0.15) is 39.7 Å². The van der Waals surface area contributed by atoms with Crippen LogP contribution in [-0.2, 0) is 20.7 Å². The SMILES string of the molecule is CC1=C[C@H]2[C@@]3(O)[C@H](C)[C@@H](OC(=O)OCCc4ccccc4)[C@]4(O)[C@@H]([C@@H]3C=C(CO)C[C@]2(O)C1=O)C4(C)C. The lowest BCUT2D eigenvalue weighted by molar-refractivity contribution is -0.212. The molecule has 200 valence electrons. The van der Waals surface area contributed by atoms with Gasteiger partial charge in [0.2, 0.25) is 0 Å². The second kappa shape index (κ2) is 8.50. The zero-order valence-electron chi connectivity index (χ0n) is 21.7. The Bertz CT molecular complexity index is 1170. The highest BCUT2D eigenvalue weighted by Crippen LogP contribution is 2.75. The molecule has 0 spiro atoms. The minimum absolute atomic E-state index is 0.0868. The van der Waals surface area contributed by atoms with Gasteiger partial charge in [0.15, 0.2) is 5.78 Å². The number of ketones is 1. The Balaban J connectivity index is 1.47. The summed E-state index contributed by atoms with van der Waals surface area (Å²) in [6.45, 7) is 6.65. The first-order valence-corrected chi connectivity index (χ1v) is 12.9. The van der Waals surface area contributed by atoms with Gasteiger partial charge in [-0.05, 0) is 23.6 Å². The van der Waals surface area contributed by atoms with Gasteiger partial charge in [-0.25, -0.2) is 4.79 Å². The molecule has 0 bridgehead atoms. The lowest BCUT2D eigenvalue weighted by Crippen LogP contribution is -2.65. The van der Waals surface area contributed by atoms with E-state index in [1.807, 2.05) is 44.2 Å². The van der Waals surface area contributed by atoms with E-state index >= 15 is 0 Å². The van der Waals surface area contributed by atoms with Crippen molar-refractivity contribution in [1.29, 1.82) is 0 Å². The molecule has 37 heavy (non-hydrogen) atoms. The summed E-state index contributed by atoms with van der Waals surface area (Å²) >= 11 is 0. The zero-order chi connectivity index (χ0) is 27.0. The average molecular weight is 513 g/mol. The maximum atomic E-state index is 13.1. The standard InChI is InChI=1S/C29H36O8/c1-16-12-21-27(33,23(16)31)14-19(15-30)13-20-22-26(3,4)29(22,35)24(17(2)28(20,21)34)37-25(32)36-11-10-18-8-6-5-7-9-18/h5-9,12-13,17,20-22,24,30,33-35H,10-11,14-15H2,1-4H3/t17-,20+,21-,22+,24-,27-,28-,29-/m1/s1. The third-order valence-corrected chi connectivity index (χ3v) is 9.68. The number of ether oxygens (including phenoxy) is 2. The summed E-state index contributed by atoms with van der Waals surface area (Å²) in [5.41, 5.74) is -4.14. The lowest BCUT2D eigenvalue weighted by atomic mass is 9.59. The molecule has 4 N–H and O–H groups in total. The number of benzene rings is 1. The zero-order valence-corrected chi connectivity index (χ0v) is 21.7. The third-order valence-electron chi connectivity index (χ3n) is 9.68. The molecule has 0 unspecified atom stereocenters. The number of rotatable bonds is 5. The number of carbonyl (C=O) groups excluding carboxylic acids is 2. The molecule has 2 fully saturated rings. The summed E-state index contributed by atoms with van der Waals surface area (Å²) in [5.74, 6) is -3.60. The molecule has 0 saturated heterocycles. The van der Waals surface area contributed by atoms with Crippen molar-refractivity contribution < 1.29 is 39.5 Å². The average Bonchev–Trinajstić information content (AvgIpc) is 3.25. The molecule has 0 aliphatic heterocycles. The van der Waals surface area contributed by atoms with Gasteiger partial charge in [0.25, 0.3) is 0 Å². The van der Waals surface area contributed by atoms with Gasteiger partial charge in [0, 0.05) is 41.9 Å². The fraction of sp³-hybridized carbons (Fsp3) is 0.586. The maximum Gasteiger partial charge on any atom is 0.508 e. The van der Waals surface area contributed by atoms with Crippen LogP contribution in [0.5, 0.6) is 0 Å². The normalized spacial score (nSPS) is 41.4. The van der Waals surface area contributed by atoms with Crippen molar-refractivity contribution in [3.05, 3.63) is 59.2 Å². The number of hydrogen-bond donors (Lipinski definition) is 4. The molecular formula is C29H36O8. The van der Waals surface area contributed by atoms with Crippen molar-refractivity contribution in [2.75, 3.05) is 13.2 Å². The highest BCUT2D eigenvalue weighted by Gasteiger charge is 2.85. The first-order valence-electron chi connectivity index (χ1n) is 12.9. The second-order valence-electron chi connectivity index (χ2n) is 11.8. The smallest absolute Gasteiger partial charge is 0.434 e. The molecule has 0 radical (unpaired) electrons. The Kier molecular flexibility index (Phi) is 5.99. The number of aliphatic hydroxyl groups excluding tert-OH is 1. The number of aliphatic hydroxyl groups is 4. The van der Waals surface area contributed by atoms with Crippen LogP contribution < -0.4 is 0 Å². The minimum atomic E-state index is -1.94. The highest BCUT2D eigenvalue weighted by molar-refractivity contribution is 6.04. The minimum Gasteiger partial charge on any atom is -0.434 e. The number of Topliss-reactive ketones (excluding diaryl/α,β-unsaturated/α-hetero) is 1. The van der Waals surface area contributed by atoms with E-state index in [0.29, 0.717) is 17.6 Å². The predicted molar refractivity (Wildman–Crippen MR) is 133 cm³/mol. The molecule has 8 heteroatoms.